The maximum atomic E-state index is 12.5. The zero-order valence-electron chi connectivity index (χ0n) is 15.8. The Balaban J connectivity index is 2.04. The molecule has 2 aromatic rings. The van der Waals surface area contributed by atoms with Gasteiger partial charge in [-0.25, -0.2) is 0 Å². The highest BCUT2D eigenvalue weighted by atomic mass is 16.5. The van der Waals surface area contributed by atoms with Crippen LogP contribution in [0.15, 0.2) is 54.6 Å². The summed E-state index contributed by atoms with van der Waals surface area (Å²) in [5.41, 5.74) is 1.72. The summed E-state index contributed by atoms with van der Waals surface area (Å²) in [7, 11) is 1.76. The summed E-state index contributed by atoms with van der Waals surface area (Å²) >= 11 is 0. The van der Waals surface area contributed by atoms with Crippen molar-refractivity contribution in [3.05, 3.63) is 60.2 Å². The van der Waals surface area contributed by atoms with Gasteiger partial charge in [-0.05, 0) is 49.2 Å². The van der Waals surface area contributed by atoms with E-state index in [1.807, 2.05) is 55.5 Å². The number of para-hydroxylation sites is 2. The van der Waals surface area contributed by atoms with Crippen molar-refractivity contribution >= 4 is 17.7 Å². The number of carbonyl (C=O) groups is 1. The lowest BCUT2D eigenvalue weighted by Crippen LogP contribution is -2.24. The van der Waals surface area contributed by atoms with Gasteiger partial charge in [0.05, 0.1) is 18.9 Å². The number of carbonyl (C=O) groups excluding carboxylic acids is 1. The Morgan fingerprint density at radius 2 is 1.77 bits per heavy atom. The van der Waals surface area contributed by atoms with Gasteiger partial charge in [0.25, 0.3) is 5.91 Å². The molecule has 0 aliphatic heterocycles. The third kappa shape index (κ3) is 5.66. The molecule has 4 nitrogen and oxygen atoms in total. The summed E-state index contributed by atoms with van der Waals surface area (Å²) in [4.78, 5) is 14.1. The fourth-order valence-corrected chi connectivity index (χ4v) is 2.42. The molecule has 0 fully saturated rings. The van der Waals surface area contributed by atoms with Crippen molar-refractivity contribution in [2.45, 2.75) is 26.7 Å². The predicted molar refractivity (Wildman–Crippen MR) is 107 cm³/mol. The summed E-state index contributed by atoms with van der Waals surface area (Å²) in [6, 6.07) is 15.3. The van der Waals surface area contributed by atoms with Crippen LogP contribution in [0.25, 0.3) is 6.08 Å². The molecule has 0 radical (unpaired) electrons. The molecule has 2 aromatic carbocycles. The molecule has 0 spiro atoms. The minimum atomic E-state index is -0.106. The molecular formula is C22H27NO3. The first-order valence-corrected chi connectivity index (χ1v) is 9.06. The van der Waals surface area contributed by atoms with E-state index in [0.29, 0.717) is 13.2 Å². The molecule has 0 N–H and O–H groups in total. The lowest BCUT2D eigenvalue weighted by Gasteiger charge is -2.19. The van der Waals surface area contributed by atoms with Crippen molar-refractivity contribution in [3.63, 3.8) is 0 Å². The molecule has 0 unspecified atom stereocenters. The number of rotatable bonds is 9. The van der Waals surface area contributed by atoms with Gasteiger partial charge in [0.15, 0.2) is 0 Å². The summed E-state index contributed by atoms with van der Waals surface area (Å²) in [5.74, 6) is 1.45. The number of nitrogens with zero attached hydrogens (tertiary/aromatic N) is 1. The van der Waals surface area contributed by atoms with Gasteiger partial charge >= 0.3 is 0 Å². The van der Waals surface area contributed by atoms with Gasteiger partial charge in [0.2, 0.25) is 0 Å². The van der Waals surface area contributed by atoms with Crippen LogP contribution in [0.1, 0.15) is 32.3 Å². The molecule has 0 bridgehead atoms. The first-order valence-electron chi connectivity index (χ1n) is 9.06. The smallest absolute Gasteiger partial charge is 0.250 e. The van der Waals surface area contributed by atoms with Crippen LogP contribution in [0.4, 0.5) is 5.69 Å². The first-order chi connectivity index (χ1) is 12.7. The normalized spacial score (nSPS) is 10.7. The molecule has 1 amide bonds. The monoisotopic (exact) mass is 353 g/mol. The number of hydrogen-bond acceptors (Lipinski definition) is 3. The number of benzene rings is 2. The van der Waals surface area contributed by atoms with Gasteiger partial charge in [-0.2, -0.15) is 0 Å². The van der Waals surface area contributed by atoms with Crippen molar-refractivity contribution in [2.75, 3.05) is 25.2 Å². The summed E-state index contributed by atoms with van der Waals surface area (Å²) in [5, 5.41) is 0. The van der Waals surface area contributed by atoms with Gasteiger partial charge in [-0.15, -0.1) is 0 Å². The summed E-state index contributed by atoms with van der Waals surface area (Å²) in [6.07, 6.45) is 5.43. The van der Waals surface area contributed by atoms with Crippen LogP contribution in [0.2, 0.25) is 0 Å². The van der Waals surface area contributed by atoms with E-state index in [0.717, 1.165) is 35.6 Å². The highest BCUT2D eigenvalue weighted by Gasteiger charge is 2.12. The average Bonchev–Trinajstić information content (AvgIpc) is 2.67. The van der Waals surface area contributed by atoms with Crippen LogP contribution in [0.3, 0.4) is 0 Å². The molecule has 2 rings (SSSR count). The van der Waals surface area contributed by atoms with E-state index in [-0.39, 0.29) is 5.91 Å². The number of amides is 1. The molecule has 0 atom stereocenters. The molecule has 0 aliphatic carbocycles. The Hall–Kier alpha value is -2.75. The van der Waals surface area contributed by atoms with Gasteiger partial charge in [-0.1, -0.05) is 37.6 Å². The Labute approximate surface area is 156 Å². The average molecular weight is 353 g/mol. The van der Waals surface area contributed by atoms with Gasteiger partial charge in [0, 0.05) is 13.1 Å². The molecule has 138 valence electrons. The number of likely N-dealkylation sites (N-methyl/N-ethyl adjacent to an activating group) is 1. The Bertz CT molecular complexity index is 722. The molecule has 0 aromatic heterocycles. The minimum Gasteiger partial charge on any atom is -0.494 e. The SMILES string of the molecule is CCCCOc1ccccc1N(C)C(=O)/C=C/c1ccc(OCC)cc1. The molecule has 0 saturated heterocycles. The van der Waals surface area contributed by atoms with E-state index in [9.17, 15) is 4.79 Å². The molecule has 0 saturated carbocycles. The number of ether oxygens (including phenoxy) is 2. The first kappa shape index (κ1) is 19.6. The van der Waals surface area contributed by atoms with E-state index in [1.54, 1.807) is 24.1 Å². The highest BCUT2D eigenvalue weighted by molar-refractivity contribution is 6.04. The fraction of sp³-hybridized carbons (Fsp3) is 0.318. The summed E-state index contributed by atoms with van der Waals surface area (Å²) in [6.45, 7) is 5.36. The quantitative estimate of drug-likeness (QED) is 0.473. The van der Waals surface area contributed by atoms with Crippen LogP contribution in [0.5, 0.6) is 11.5 Å². The van der Waals surface area contributed by atoms with Gasteiger partial charge < -0.3 is 14.4 Å². The fourth-order valence-electron chi connectivity index (χ4n) is 2.42. The molecule has 0 heterocycles. The number of anilines is 1. The van der Waals surface area contributed by atoms with E-state index in [1.165, 1.54) is 0 Å². The largest absolute Gasteiger partial charge is 0.494 e. The van der Waals surface area contributed by atoms with Crippen molar-refractivity contribution < 1.29 is 14.3 Å². The Morgan fingerprint density at radius 3 is 2.46 bits per heavy atom. The second kappa shape index (κ2) is 10.3. The standard InChI is InChI=1S/C22H27NO3/c1-4-6-17-26-21-10-8-7-9-20(21)23(3)22(24)16-13-18-11-14-19(15-12-18)25-5-2/h7-16H,4-6,17H2,1-3H3/b16-13+. The lowest BCUT2D eigenvalue weighted by atomic mass is 10.2. The molecule has 4 heteroatoms. The van der Waals surface area contributed by atoms with Gasteiger partial charge in [-0.3, -0.25) is 4.79 Å². The van der Waals surface area contributed by atoms with E-state index in [2.05, 4.69) is 6.92 Å². The van der Waals surface area contributed by atoms with Gasteiger partial charge in [0.1, 0.15) is 11.5 Å². The van der Waals surface area contributed by atoms with Crippen molar-refractivity contribution in [1.29, 1.82) is 0 Å². The summed E-state index contributed by atoms with van der Waals surface area (Å²) < 4.78 is 11.2. The third-order valence-electron chi connectivity index (χ3n) is 3.92. The molecular weight excluding hydrogens is 326 g/mol. The highest BCUT2D eigenvalue weighted by Crippen LogP contribution is 2.27. The topological polar surface area (TPSA) is 38.8 Å². The molecule has 0 aliphatic rings. The number of unbranched alkanes of at least 4 members (excludes halogenated alkanes) is 1. The number of hydrogen-bond donors (Lipinski definition) is 0. The van der Waals surface area contributed by atoms with Crippen LogP contribution in [0, 0.1) is 0 Å². The zero-order valence-corrected chi connectivity index (χ0v) is 15.8. The van der Waals surface area contributed by atoms with Crippen LogP contribution in [-0.2, 0) is 4.79 Å². The van der Waals surface area contributed by atoms with E-state index < -0.39 is 0 Å². The second-order valence-electron chi connectivity index (χ2n) is 5.90. The predicted octanol–water partition coefficient (Wildman–Crippen LogP) is 4.94. The minimum absolute atomic E-state index is 0.106. The van der Waals surface area contributed by atoms with Crippen LogP contribution < -0.4 is 14.4 Å². The van der Waals surface area contributed by atoms with Crippen molar-refractivity contribution in [2.24, 2.45) is 0 Å². The molecule has 26 heavy (non-hydrogen) atoms. The third-order valence-corrected chi connectivity index (χ3v) is 3.92. The van der Waals surface area contributed by atoms with E-state index >= 15 is 0 Å². The van der Waals surface area contributed by atoms with Crippen molar-refractivity contribution in [1.82, 2.24) is 0 Å². The maximum Gasteiger partial charge on any atom is 0.250 e. The lowest BCUT2D eigenvalue weighted by molar-refractivity contribution is -0.113. The Kier molecular flexibility index (Phi) is 7.75. The van der Waals surface area contributed by atoms with Crippen LogP contribution >= 0.6 is 0 Å². The zero-order chi connectivity index (χ0) is 18.8. The van der Waals surface area contributed by atoms with E-state index in [4.69, 9.17) is 9.47 Å². The van der Waals surface area contributed by atoms with Crippen LogP contribution in [-0.4, -0.2) is 26.2 Å². The second-order valence-corrected chi connectivity index (χ2v) is 5.90. The maximum absolute atomic E-state index is 12.5. The Morgan fingerprint density at radius 1 is 1.04 bits per heavy atom. The van der Waals surface area contributed by atoms with Crippen molar-refractivity contribution in [3.8, 4) is 11.5 Å².